The number of ketones is 1. The van der Waals surface area contributed by atoms with Gasteiger partial charge < -0.3 is 10.2 Å². The molecule has 0 radical (unpaired) electrons. The molecule has 3 aromatic rings. The number of hydrogen-bond acceptors (Lipinski definition) is 5. The number of nitrogens with one attached hydrogen (secondary N) is 1. The topological polar surface area (TPSA) is 62.5 Å². The second-order valence-electron chi connectivity index (χ2n) is 9.24. The SMILES string of the molecule is Cc1cnc2nc(C3=Cc4ccc(N5CC(C)N[C@@H](C)C5)cc4C(C)CC3=O)cn2c1. The van der Waals surface area contributed by atoms with Gasteiger partial charge in [0.2, 0.25) is 5.78 Å². The monoisotopic (exact) mass is 415 g/mol. The second kappa shape index (κ2) is 7.61. The number of carbonyl (C=O) groups is 1. The van der Waals surface area contributed by atoms with Crippen LogP contribution in [0.25, 0.3) is 17.4 Å². The van der Waals surface area contributed by atoms with E-state index < -0.39 is 0 Å². The molecule has 1 saturated heterocycles. The zero-order chi connectivity index (χ0) is 21.7. The summed E-state index contributed by atoms with van der Waals surface area (Å²) in [7, 11) is 0. The lowest BCUT2D eigenvalue weighted by Crippen LogP contribution is -2.54. The van der Waals surface area contributed by atoms with Crippen LogP contribution in [0, 0.1) is 6.92 Å². The highest BCUT2D eigenvalue weighted by atomic mass is 16.1. The largest absolute Gasteiger partial charge is 0.368 e. The fourth-order valence-corrected chi connectivity index (χ4v) is 4.92. The molecule has 5 rings (SSSR count). The van der Waals surface area contributed by atoms with Crippen LogP contribution in [0.5, 0.6) is 0 Å². The number of aromatic nitrogens is 3. The molecule has 0 bridgehead atoms. The van der Waals surface area contributed by atoms with E-state index in [1.165, 1.54) is 11.3 Å². The summed E-state index contributed by atoms with van der Waals surface area (Å²) < 4.78 is 1.89. The number of nitrogens with zero attached hydrogens (tertiary/aromatic N) is 4. The smallest absolute Gasteiger partial charge is 0.234 e. The Balaban J connectivity index is 1.54. The molecular formula is C25H29N5O. The van der Waals surface area contributed by atoms with Gasteiger partial charge in [0.05, 0.1) is 5.69 Å². The van der Waals surface area contributed by atoms with Crippen LogP contribution in [-0.4, -0.2) is 45.3 Å². The van der Waals surface area contributed by atoms with Crippen LogP contribution < -0.4 is 10.2 Å². The third-order valence-electron chi connectivity index (χ3n) is 6.33. The number of anilines is 1. The maximum absolute atomic E-state index is 13.2. The van der Waals surface area contributed by atoms with E-state index in [1.54, 1.807) is 6.20 Å². The summed E-state index contributed by atoms with van der Waals surface area (Å²) in [4.78, 5) is 24.6. The molecule has 2 aromatic heterocycles. The van der Waals surface area contributed by atoms with Gasteiger partial charge in [-0.25, -0.2) is 9.97 Å². The van der Waals surface area contributed by atoms with Crippen LogP contribution in [0.2, 0.25) is 0 Å². The number of rotatable bonds is 2. The third-order valence-corrected chi connectivity index (χ3v) is 6.33. The summed E-state index contributed by atoms with van der Waals surface area (Å²) in [6.45, 7) is 10.6. The van der Waals surface area contributed by atoms with Crippen molar-refractivity contribution in [3.8, 4) is 0 Å². The lowest BCUT2D eigenvalue weighted by Gasteiger charge is -2.38. The van der Waals surface area contributed by atoms with Crippen LogP contribution in [0.3, 0.4) is 0 Å². The molecule has 160 valence electrons. The zero-order valence-corrected chi connectivity index (χ0v) is 18.6. The molecule has 2 unspecified atom stereocenters. The maximum atomic E-state index is 13.2. The minimum Gasteiger partial charge on any atom is -0.368 e. The summed E-state index contributed by atoms with van der Waals surface area (Å²) in [5, 5.41) is 3.59. The van der Waals surface area contributed by atoms with Crippen molar-refractivity contribution in [2.24, 2.45) is 0 Å². The minimum absolute atomic E-state index is 0.134. The van der Waals surface area contributed by atoms with Crippen LogP contribution in [-0.2, 0) is 4.79 Å². The summed E-state index contributed by atoms with van der Waals surface area (Å²) in [6, 6.07) is 7.55. The molecule has 6 nitrogen and oxygen atoms in total. The zero-order valence-electron chi connectivity index (χ0n) is 18.6. The second-order valence-corrected chi connectivity index (χ2v) is 9.24. The van der Waals surface area contributed by atoms with Gasteiger partial charge in [-0.05, 0) is 61.6 Å². The molecular weight excluding hydrogens is 386 g/mol. The van der Waals surface area contributed by atoms with E-state index in [-0.39, 0.29) is 11.7 Å². The van der Waals surface area contributed by atoms with Crippen molar-refractivity contribution in [2.75, 3.05) is 18.0 Å². The molecule has 0 spiro atoms. The average Bonchev–Trinajstić information content (AvgIpc) is 3.08. The predicted molar refractivity (Wildman–Crippen MR) is 124 cm³/mol. The Morgan fingerprint density at radius 1 is 1.10 bits per heavy atom. The van der Waals surface area contributed by atoms with Gasteiger partial charge >= 0.3 is 0 Å². The van der Waals surface area contributed by atoms with Gasteiger partial charge in [0.1, 0.15) is 0 Å². The van der Waals surface area contributed by atoms with Crippen molar-refractivity contribution in [1.82, 2.24) is 19.7 Å². The quantitative estimate of drug-likeness (QED) is 0.689. The number of aryl methyl sites for hydroxylation is 1. The normalized spacial score (nSPS) is 24.1. The van der Waals surface area contributed by atoms with Gasteiger partial charge in [0.25, 0.3) is 0 Å². The average molecular weight is 416 g/mol. The Kier molecular flexibility index (Phi) is 4.89. The van der Waals surface area contributed by atoms with E-state index in [4.69, 9.17) is 0 Å². The number of piperazine rings is 1. The van der Waals surface area contributed by atoms with Gasteiger partial charge in [-0.15, -0.1) is 0 Å². The van der Waals surface area contributed by atoms with E-state index in [1.807, 2.05) is 29.8 Å². The van der Waals surface area contributed by atoms with E-state index in [0.29, 0.717) is 35.5 Å². The van der Waals surface area contributed by atoms with Gasteiger partial charge in [-0.2, -0.15) is 0 Å². The molecule has 1 aliphatic carbocycles. The molecule has 0 amide bonds. The first-order chi connectivity index (χ1) is 14.9. The van der Waals surface area contributed by atoms with Gasteiger partial charge in [0.15, 0.2) is 5.78 Å². The lowest BCUT2D eigenvalue weighted by molar-refractivity contribution is -0.113. The first-order valence-corrected chi connectivity index (χ1v) is 11.1. The number of imidazole rings is 1. The standard InChI is InChI=1S/C25H29N5O/c1-15-10-26-25-28-23(14-30(25)11-15)22-8-19-5-6-20(9-21(19)16(2)7-24(22)31)29-12-17(3)27-18(4)13-29/h5-6,8-11,14,16-18,27H,7,12-13H2,1-4H3/t16?,17-,18?/m0/s1. The Morgan fingerprint density at radius 2 is 1.87 bits per heavy atom. The van der Waals surface area contributed by atoms with E-state index >= 15 is 0 Å². The van der Waals surface area contributed by atoms with Crippen LogP contribution in [0.1, 0.15) is 55.5 Å². The van der Waals surface area contributed by atoms with Crippen LogP contribution in [0.4, 0.5) is 5.69 Å². The highest BCUT2D eigenvalue weighted by molar-refractivity contribution is 6.25. The summed E-state index contributed by atoms with van der Waals surface area (Å²) >= 11 is 0. The van der Waals surface area contributed by atoms with Crippen molar-refractivity contribution in [3.63, 3.8) is 0 Å². The summed E-state index contributed by atoms with van der Waals surface area (Å²) in [6.07, 6.45) is 8.19. The maximum Gasteiger partial charge on any atom is 0.234 e. The molecule has 1 fully saturated rings. The van der Waals surface area contributed by atoms with E-state index in [0.717, 1.165) is 24.2 Å². The van der Waals surface area contributed by atoms with Crippen molar-refractivity contribution >= 4 is 28.9 Å². The molecule has 1 aliphatic heterocycles. The van der Waals surface area contributed by atoms with Crippen LogP contribution >= 0.6 is 0 Å². The first kappa shape index (κ1) is 19.9. The van der Waals surface area contributed by atoms with Crippen LogP contribution in [0.15, 0.2) is 36.8 Å². The van der Waals surface area contributed by atoms with Gasteiger partial charge in [0, 0.05) is 61.4 Å². The molecule has 0 saturated carbocycles. The lowest BCUT2D eigenvalue weighted by atomic mass is 9.93. The number of benzene rings is 1. The molecule has 6 heteroatoms. The molecule has 2 aliphatic rings. The summed E-state index contributed by atoms with van der Waals surface area (Å²) in [5.74, 6) is 0.908. The number of Topliss-reactive ketones (excluding diaryl/α,β-unsaturated/α-hetero) is 1. The number of hydrogen-bond donors (Lipinski definition) is 1. The first-order valence-electron chi connectivity index (χ1n) is 11.1. The molecule has 31 heavy (non-hydrogen) atoms. The molecule has 3 heterocycles. The minimum atomic E-state index is 0.134. The fourth-order valence-electron chi connectivity index (χ4n) is 4.92. The number of carbonyl (C=O) groups excluding carboxylic acids is 1. The Bertz CT molecular complexity index is 1180. The Hall–Kier alpha value is -2.99. The van der Waals surface area contributed by atoms with Gasteiger partial charge in [-0.3, -0.25) is 9.20 Å². The Morgan fingerprint density at radius 3 is 2.65 bits per heavy atom. The van der Waals surface area contributed by atoms with E-state index in [9.17, 15) is 4.79 Å². The highest BCUT2D eigenvalue weighted by Gasteiger charge is 2.26. The fraction of sp³-hybridized carbons (Fsp3) is 0.400. The molecule has 1 aromatic carbocycles. The third kappa shape index (κ3) is 3.76. The predicted octanol–water partition coefficient (Wildman–Crippen LogP) is 3.84. The van der Waals surface area contributed by atoms with E-state index in [2.05, 4.69) is 59.2 Å². The van der Waals surface area contributed by atoms with Crippen molar-refractivity contribution in [2.45, 2.75) is 52.1 Å². The van der Waals surface area contributed by atoms with Crippen molar-refractivity contribution in [3.05, 3.63) is 59.2 Å². The van der Waals surface area contributed by atoms with Crippen molar-refractivity contribution in [1.29, 1.82) is 0 Å². The van der Waals surface area contributed by atoms with Gasteiger partial charge in [-0.1, -0.05) is 13.0 Å². The summed E-state index contributed by atoms with van der Waals surface area (Å²) in [5.41, 5.74) is 6.00. The number of fused-ring (bicyclic) bond motifs is 2. The number of allylic oxidation sites excluding steroid dienone is 1. The molecule has 1 N–H and O–H groups in total. The highest BCUT2D eigenvalue weighted by Crippen LogP contribution is 2.36. The molecule has 3 atom stereocenters. The van der Waals surface area contributed by atoms with Crippen molar-refractivity contribution < 1.29 is 4.79 Å². The Labute approximate surface area is 183 Å².